The van der Waals surface area contributed by atoms with Gasteiger partial charge in [0.15, 0.2) is 0 Å². The first-order valence-corrected chi connectivity index (χ1v) is 8.51. The topological polar surface area (TPSA) is 12.0 Å². The fourth-order valence-electron chi connectivity index (χ4n) is 4.07. The van der Waals surface area contributed by atoms with Crippen molar-refractivity contribution in [2.45, 2.75) is 52.0 Å². The Morgan fingerprint density at radius 3 is 2.38 bits per heavy atom. The van der Waals surface area contributed by atoms with Gasteiger partial charge in [0.2, 0.25) is 0 Å². The van der Waals surface area contributed by atoms with Crippen molar-refractivity contribution in [2.24, 2.45) is 11.3 Å². The molecule has 0 bridgehead atoms. The Bertz CT molecular complexity index is 496. The van der Waals surface area contributed by atoms with Gasteiger partial charge >= 0.3 is 0 Å². The lowest BCUT2D eigenvalue weighted by Crippen LogP contribution is -2.37. The largest absolute Gasteiger partial charge is 0.312 e. The van der Waals surface area contributed by atoms with Gasteiger partial charge < -0.3 is 5.32 Å². The maximum absolute atomic E-state index is 14.5. The van der Waals surface area contributed by atoms with Crippen LogP contribution in [0.15, 0.2) is 16.6 Å². The summed E-state index contributed by atoms with van der Waals surface area (Å²) in [6, 6.07) is 2.51. The fraction of sp³-hybridized carbons (Fsp3) is 0.647. The predicted octanol–water partition coefficient (Wildman–Crippen LogP) is 5.59. The third kappa shape index (κ3) is 3.31. The molecule has 1 aromatic carbocycles. The van der Waals surface area contributed by atoms with Crippen LogP contribution >= 0.6 is 15.9 Å². The Morgan fingerprint density at radius 1 is 1.24 bits per heavy atom. The Hall–Kier alpha value is -0.480. The predicted molar refractivity (Wildman–Crippen MR) is 86.2 cm³/mol. The van der Waals surface area contributed by atoms with Gasteiger partial charge in [0.1, 0.15) is 11.6 Å². The van der Waals surface area contributed by atoms with Gasteiger partial charge in [-0.05, 0) is 65.7 Å². The molecule has 1 aliphatic rings. The van der Waals surface area contributed by atoms with E-state index < -0.39 is 11.6 Å². The van der Waals surface area contributed by atoms with E-state index in [-0.39, 0.29) is 17.0 Å². The minimum atomic E-state index is -0.468. The molecule has 1 N–H and O–H groups in total. The number of hydrogen-bond donors (Lipinski definition) is 1. The maximum Gasteiger partial charge on any atom is 0.145 e. The Labute approximate surface area is 134 Å². The van der Waals surface area contributed by atoms with E-state index in [1.807, 2.05) is 7.05 Å². The average molecular weight is 360 g/mol. The van der Waals surface area contributed by atoms with Gasteiger partial charge in [0, 0.05) is 11.6 Å². The zero-order valence-electron chi connectivity index (χ0n) is 13.0. The second kappa shape index (κ2) is 6.74. The third-order valence-electron chi connectivity index (χ3n) is 4.68. The molecule has 1 fully saturated rings. The van der Waals surface area contributed by atoms with E-state index >= 15 is 0 Å². The molecule has 1 aromatic rings. The SMILES string of the molecule is CNC(c1c(F)ccc(Br)c1F)C1(CC(C)C)CCCC1. The summed E-state index contributed by atoms with van der Waals surface area (Å²) in [7, 11) is 1.81. The van der Waals surface area contributed by atoms with Crippen LogP contribution in [0, 0.1) is 23.0 Å². The van der Waals surface area contributed by atoms with Crippen LogP contribution in [-0.4, -0.2) is 7.05 Å². The lowest BCUT2D eigenvalue weighted by Gasteiger charge is -2.39. The van der Waals surface area contributed by atoms with Crippen molar-refractivity contribution in [2.75, 3.05) is 7.05 Å². The molecule has 4 heteroatoms. The highest BCUT2D eigenvalue weighted by molar-refractivity contribution is 9.10. The summed E-state index contributed by atoms with van der Waals surface area (Å²) in [4.78, 5) is 0. The van der Waals surface area contributed by atoms with Gasteiger partial charge in [0.05, 0.1) is 4.47 Å². The second-order valence-electron chi connectivity index (χ2n) is 6.65. The summed E-state index contributed by atoms with van der Waals surface area (Å²) in [6.45, 7) is 4.36. The molecule has 21 heavy (non-hydrogen) atoms. The van der Waals surface area contributed by atoms with E-state index in [2.05, 4.69) is 35.1 Å². The molecule has 0 aliphatic heterocycles. The molecule has 0 heterocycles. The molecule has 0 radical (unpaired) electrons. The average Bonchev–Trinajstić information content (AvgIpc) is 2.87. The van der Waals surface area contributed by atoms with Crippen LogP contribution in [0.5, 0.6) is 0 Å². The van der Waals surface area contributed by atoms with Crippen molar-refractivity contribution >= 4 is 15.9 Å². The summed E-state index contributed by atoms with van der Waals surface area (Å²) in [6.07, 6.45) is 5.33. The quantitative estimate of drug-likeness (QED) is 0.675. The molecule has 2 rings (SSSR count). The van der Waals surface area contributed by atoms with E-state index in [0.717, 1.165) is 32.1 Å². The van der Waals surface area contributed by atoms with Gasteiger partial charge in [-0.3, -0.25) is 0 Å². The molecule has 1 aliphatic carbocycles. The number of benzene rings is 1. The smallest absolute Gasteiger partial charge is 0.145 e. The van der Waals surface area contributed by atoms with Gasteiger partial charge in [0.25, 0.3) is 0 Å². The summed E-state index contributed by atoms with van der Waals surface area (Å²) in [5.41, 5.74) is 0.139. The number of nitrogens with one attached hydrogen (secondary N) is 1. The molecule has 0 amide bonds. The molecule has 1 atom stereocenters. The zero-order chi connectivity index (χ0) is 15.6. The van der Waals surface area contributed by atoms with Crippen LogP contribution in [-0.2, 0) is 0 Å². The molecule has 0 aromatic heterocycles. The third-order valence-corrected chi connectivity index (χ3v) is 5.30. The highest BCUT2D eigenvalue weighted by Gasteiger charge is 2.43. The van der Waals surface area contributed by atoms with Gasteiger partial charge in [-0.2, -0.15) is 0 Å². The standard InChI is InChI=1S/C17H24BrF2N/c1-11(2)10-17(8-4-5-9-17)16(21-3)14-13(19)7-6-12(18)15(14)20/h6-7,11,16,21H,4-5,8-10H2,1-3H3. The minimum Gasteiger partial charge on any atom is -0.312 e. The van der Waals surface area contributed by atoms with E-state index in [9.17, 15) is 8.78 Å². The number of halogens is 3. The first-order chi connectivity index (χ1) is 9.91. The molecule has 1 saturated carbocycles. The Morgan fingerprint density at radius 2 is 1.86 bits per heavy atom. The molecule has 1 nitrogen and oxygen atoms in total. The van der Waals surface area contributed by atoms with E-state index in [1.54, 1.807) is 0 Å². The van der Waals surface area contributed by atoms with E-state index in [4.69, 9.17) is 0 Å². The molecule has 1 unspecified atom stereocenters. The van der Waals surface area contributed by atoms with Crippen LogP contribution < -0.4 is 5.32 Å². The van der Waals surface area contributed by atoms with Crippen molar-refractivity contribution in [1.82, 2.24) is 5.32 Å². The maximum atomic E-state index is 14.5. The van der Waals surface area contributed by atoms with E-state index in [1.165, 1.54) is 12.1 Å². The molecular formula is C17H24BrF2N. The summed E-state index contributed by atoms with van der Waals surface area (Å²) in [5.74, 6) is -0.410. The monoisotopic (exact) mass is 359 g/mol. The van der Waals surface area contributed by atoms with Crippen LogP contribution in [0.1, 0.15) is 57.6 Å². The van der Waals surface area contributed by atoms with Crippen molar-refractivity contribution in [1.29, 1.82) is 0 Å². The zero-order valence-corrected chi connectivity index (χ0v) is 14.6. The Kier molecular flexibility index (Phi) is 5.42. The Balaban J connectivity index is 2.49. The van der Waals surface area contributed by atoms with E-state index in [0.29, 0.717) is 10.4 Å². The molecular weight excluding hydrogens is 336 g/mol. The van der Waals surface area contributed by atoms with Crippen LogP contribution in [0.4, 0.5) is 8.78 Å². The van der Waals surface area contributed by atoms with Crippen molar-refractivity contribution < 1.29 is 8.78 Å². The van der Waals surface area contributed by atoms with Crippen LogP contribution in [0.2, 0.25) is 0 Å². The highest BCUT2D eigenvalue weighted by atomic mass is 79.9. The lowest BCUT2D eigenvalue weighted by molar-refractivity contribution is 0.155. The van der Waals surface area contributed by atoms with Gasteiger partial charge in [-0.15, -0.1) is 0 Å². The van der Waals surface area contributed by atoms with Crippen LogP contribution in [0.25, 0.3) is 0 Å². The van der Waals surface area contributed by atoms with Crippen molar-refractivity contribution in [3.05, 3.63) is 33.8 Å². The van der Waals surface area contributed by atoms with Crippen molar-refractivity contribution in [3.63, 3.8) is 0 Å². The second-order valence-corrected chi connectivity index (χ2v) is 7.50. The molecule has 0 spiro atoms. The highest BCUT2D eigenvalue weighted by Crippen LogP contribution is 2.52. The number of hydrogen-bond acceptors (Lipinski definition) is 1. The first-order valence-electron chi connectivity index (χ1n) is 7.72. The van der Waals surface area contributed by atoms with Crippen LogP contribution in [0.3, 0.4) is 0 Å². The fourth-order valence-corrected chi connectivity index (χ4v) is 4.41. The van der Waals surface area contributed by atoms with Gasteiger partial charge in [-0.25, -0.2) is 8.78 Å². The summed E-state index contributed by atoms with van der Waals surface area (Å²) < 4.78 is 29.2. The molecule has 0 saturated heterocycles. The molecule has 118 valence electrons. The summed E-state index contributed by atoms with van der Waals surface area (Å²) >= 11 is 3.19. The first kappa shape index (κ1) is 16.9. The number of rotatable bonds is 5. The normalized spacial score (nSPS) is 19.2. The minimum absolute atomic E-state index is 0.0502. The lowest BCUT2D eigenvalue weighted by atomic mass is 9.70. The van der Waals surface area contributed by atoms with Gasteiger partial charge in [-0.1, -0.05) is 26.7 Å². The van der Waals surface area contributed by atoms with Crippen molar-refractivity contribution in [3.8, 4) is 0 Å². The summed E-state index contributed by atoms with van der Waals surface area (Å²) in [5, 5.41) is 3.21.